The second kappa shape index (κ2) is 10.4. The average Bonchev–Trinajstić information content (AvgIpc) is 3.28. The number of aromatic nitrogens is 2. The third-order valence-electron chi connectivity index (χ3n) is 4.83. The summed E-state index contributed by atoms with van der Waals surface area (Å²) in [5, 5.41) is 7.10. The summed E-state index contributed by atoms with van der Waals surface area (Å²) in [6, 6.07) is 17.7. The zero-order valence-electron chi connectivity index (χ0n) is 16.8. The minimum absolute atomic E-state index is 0.0115. The fourth-order valence-corrected chi connectivity index (χ4v) is 3.19. The van der Waals surface area contributed by atoms with Gasteiger partial charge in [-0.15, -0.1) is 0 Å². The Balaban J connectivity index is 1.38. The maximum atomic E-state index is 12.3. The molecule has 1 N–H and O–H groups in total. The molecule has 3 aromatic rings. The molecule has 0 fully saturated rings. The molecule has 1 heterocycles. The van der Waals surface area contributed by atoms with Crippen molar-refractivity contribution in [3.05, 3.63) is 83.7 Å². The van der Waals surface area contributed by atoms with Crippen LogP contribution in [-0.2, 0) is 17.6 Å². The molecule has 0 unspecified atom stereocenters. The summed E-state index contributed by atoms with van der Waals surface area (Å²) in [4.78, 5) is 24.3. The summed E-state index contributed by atoms with van der Waals surface area (Å²) in [5.41, 5.74) is 4.06. The van der Waals surface area contributed by atoms with Crippen LogP contribution in [0.3, 0.4) is 0 Å². The van der Waals surface area contributed by atoms with E-state index in [0.29, 0.717) is 12.1 Å². The Labute approximate surface area is 171 Å². The normalized spacial score (nSPS) is 10.7. The average molecular weight is 389 g/mol. The second-order valence-corrected chi connectivity index (χ2v) is 7.09. The van der Waals surface area contributed by atoms with E-state index in [1.54, 1.807) is 10.9 Å². The van der Waals surface area contributed by atoms with E-state index < -0.39 is 0 Å². The van der Waals surface area contributed by atoms with E-state index in [1.807, 2.05) is 60.8 Å². The summed E-state index contributed by atoms with van der Waals surface area (Å²) in [6.45, 7) is 2.69. The molecular weight excluding hydrogens is 362 g/mol. The van der Waals surface area contributed by atoms with Crippen LogP contribution in [0.4, 0.5) is 0 Å². The van der Waals surface area contributed by atoms with Crippen molar-refractivity contribution in [1.29, 1.82) is 0 Å². The van der Waals surface area contributed by atoms with Crippen LogP contribution in [0.15, 0.2) is 67.0 Å². The zero-order valence-corrected chi connectivity index (χ0v) is 16.8. The monoisotopic (exact) mass is 389 g/mol. The van der Waals surface area contributed by atoms with Gasteiger partial charge in [0.25, 0.3) is 0 Å². The van der Waals surface area contributed by atoms with Gasteiger partial charge in [-0.3, -0.25) is 9.59 Å². The predicted octanol–water partition coefficient (Wildman–Crippen LogP) is 4.15. The summed E-state index contributed by atoms with van der Waals surface area (Å²) in [6.07, 6.45) is 6.94. The first-order valence-corrected chi connectivity index (χ1v) is 10.1. The number of nitrogens with one attached hydrogen (secondary N) is 1. The lowest BCUT2D eigenvalue weighted by molar-refractivity contribution is -0.121. The number of ketones is 1. The standard InChI is InChI=1S/C24H27N3O2/c1-2-4-19-5-9-21(10-6-19)23(28)13-14-24(29)25-17-15-20-7-11-22(12-8-20)27-18-3-16-26-27/h3,5-12,16,18H,2,4,13-15,17H2,1H3,(H,25,29). The molecule has 5 heteroatoms. The van der Waals surface area contributed by atoms with Gasteiger partial charge in [0, 0.05) is 37.3 Å². The van der Waals surface area contributed by atoms with E-state index in [0.717, 1.165) is 30.5 Å². The number of amides is 1. The van der Waals surface area contributed by atoms with Crippen molar-refractivity contribution in [2.45, 2.75) is 39.0 Å². The first kappa shape index (κ1) is 20.5. The molecule has 1 amide bonds. The third kappa shape index (κ3) is 6.14. The van der Waals surface area contributed by atoms with Gasteiger partial charge in [-0.05, 0) is 42.2 Å². The molecule has 29 heavy (non-hydrogen) atoms. The topological polar surface area (TPSA) is 64.0 Å². The lowest BCUT2D eigenvalue weighted by Crippen LogP contribution is -2.26. The van der Waals surface area contributed by atoms with Gasteiger partial charge in [-0.1, -0.05) is 49.7 Å². The number of Topliss-reactive ketones (excluding diaryl/α,β-unsaturated/α-hetero) is 1. The smallest absolute Gasteiger partial charge is 0.220 e. The van der Waals surface area contributed by atoms with E-state index in [9.17, 15) is 9.59 Å². The van der Waals surface area contributed by atoms with Crippen LogP contribution in [0.5, 0.6) is 0 Å². The first-order chi connectivity index (χ1) is 14.2. The molecular formula is C24H27N3O2. The fourth-order valence-electron chi connectivity index (χ4n) is 3.19. The van der Waals surface area contributed by atoms with Gasteiger partial charge in [-0.25, -0.2) is 4.68 Å². The molecule has 0 saturated heterocycles. The van der Waals surface area contributed by atoms with Gasteiger partial charge in [0.05, 0.1) is 5.69 Å². The highest BCUT2D eigenvalue weighted by molar-refractivity contribution is 5.97. The molecule has 150 valence electrons. The van der Waals surface area contributed by atoms with E-state index in [2.05, 4.69) is 17.3 Å². The van der Waals surface area contributed by atoms with Crippen molar-refractivity contribution in [2.24, 2.45) is 0 Å². The molecule has 0 radical (unpaired) electrons. The highest BCUT2D eigenvalue weighted by atomic mass is 16.2. The molecule has 0 aliphatic heterocycles. The summed E-state index contributed by atoms with van der Waals surface area (Å²) in [7, 11) is 0. The Hall–Kier alpha value is -3.21. The highest BCUT2D eigenvalue weighted by Crippen LogP contribution is 2.11. The first-order valence-electron chi connectivity index (χ1n) is 10.1. The molecule has 0 bridgehead atoms. The van der Waals surface area contributed by atoms with Crippen LogP contribution in [0.2, 0.25) is 0 Å². The lowest BCUT2D eigenvalue weighted by Gasteiger charge is -2.07. The number of carbonyl (C=O) groups is 2. The lowest BCUT2D eigenvalue weighted by atomic mass is 10.0. The van der Waals surface area contributed by atoms with Crippen LogP contribution in [0, 0.1) is 0 Å². The number of rotatable bonds is 10. The van der Waals surface area contributed by atoms with Gasteiger partial charge in [0.2, 0.25) is 5.91 Å². The number of hydrogen-bond acceptors (Lipinski definition) is 3. The molecule has 5 nitrogen and oxygen atoms in total. The number of hydrogen-bond donors (Lipinski definition) is 1. The number of carbonyl (C=O) groups excluding carboxylic acids is 2. The number of aryl methyl sites for hydroxylation is 1. The Morgan fingerprint density at radius 1 is 0.931 bits per heavy atom. The molecule has 0 aliphatic carbocycles. The molecule has 1 aromatic heterocycles. The SMILES string of the molecule is CCCc1ccc(C(=O)CCC(=O)NCCc2ccc(-n3cccn3)cc2)cc1. The molecule has 3 rings (SSSR count). The second-order valence-electron chi connectivity index (χ2n) is 7.09. The van der Waals surface area contributed by atoms with Crippen molar-refractivity contribution >= 4 is 11.7 Å². The predicted molar refractivity (Wildman–Crippen MR) is 114 cm³/mol. The quantitative estimate of drug-likeness (QED) is 0.530. The Bertz CT molecular complexity index is 914. The molecule has 0 aliphatic rings. The minimum Gasteiger partial charge on any atom is -0.356 e. The number of benzene rings is 2. The molecule has 0 spiro atoms. The minimum atomic E-state index is -0.0888. The van der Waals surface area contributed by atoms with Gasteiger partial charge in [0.15, 0.2) is 5.78 Å². The summed E-state index contributed by atoms with van der Waals surface area (Å²) < 4.78 is 1.81. The Kier molecular flexibility index (Phi) is 7.34. The molecule has 0 atom stereocenters. The van der Waals surface area contributed by atoms with Gasteiger partial charge < -0.3 is 5.32 Å². The Morgan fingerprint density at radius 3 is 2.28 bits per heavy atom. The zero-order chi connectivity index (χ0) is 20.5. The number of nitrogens with zero attached hydrogens (tertiary/aromatic N) is 2. The van der Waals surface area contributed by atoms with Crippen molar-refractivity contribution in [3.63, 3.8) is 0 Å². The van der Waals surface area contributed by atoms with Gasteiger partial charge in [-0.2, -0.15) is 5.10 Å². The molecule has 2 aromatic carbocycles. The highest BCUT2D eigenvalue weighted by Gasteiger charge is 2.09. The van der Waals surface area contributed by atoms with Crippen LogP contribution in [0.25, 0.3) is 5.69 Å². The van der Waals surface area contributed by atoms with Crippen LogP contribution >= 0.6 is 0 Å². The van der Waals surface area contributed by atoms with E-state index in [4.69, 9.17) is 0 Å². The van der Waals surface area contributed by atoms with E-state index in [1.165, 1.54) is 5.56 Å². The van der Waals surface area contributed by atoms with Crippen molar-refractivity contribution in [3.8, 4) is 5.69 Å². The Morgan fingerprint density at radius 2 is 1.62 bits per heavy atom. The van der Waals surface area contributed by atoms with Crippen LogP contribution in [-0.4, -0.2) is 28.0 Å². The third-order valence-corrected chi connectivity index (χ3v) is 4.83. The van der Waals surface area contributed by atoms with E-state index in [-0.39, 0.29) is 24.5 Å². The molecule has 0 saturated carbocycles. The van der Waals surface area contributed by atoms with Gasteiger partial charge >= 0.3 is 0 Å². The fraction of sp³-hybridized carbons (Fsp3) is 0.292. The maximum absolute atomic E-state index is 12.3. The van der Waals surface area contributed by atoms with Crippen LogP contribution in [0.1, 0.15) is 47.7 Å². The van der Waals surface area contributed by atoms with E-state index >= 15 is 0 Å². The van der Waals surface area contributed by atoms with Crippen LogP contribution < -0.4 is 5.32 Å². The van der Waals surface area contributed by atoms with Crippen molar-refractivity contribution in [2.75, 3.05) is 6.54 Å². The largest absolute Gasteiger partial charge is 0.356 e. The maximum Gasteiger partial charge on any atom is 0.220 e. The van der Waals surface area contributed by atoms with Gasteiger partial charge in [0.1, 0.15) is 0 Å². The summed E-state index contributed by atoms with van der Waals surface area (Å²) >= 11 is 0. The van der Waals surface area contributed by atoms with Crippen molar-refractivity contribution in [1.82, 2.24) is 15.1 Å². The van der Waals surface area contributed by atoms with Crippen molar-refractivity contribution < 1.29 is 9.59 Å². The summed E-state index contributed by atoms with van der Waals surface area (Å²) in [5.74, 6) is -0.0773.